The molecule has 1 aromatic carbocycles. The monoisotopic (exact) mass is 498 g/mol. The molecule has 0 atom stereocenters. The number of furan rings is 1. The number of benzene rings is 1. The van der Waals surface area contributed by atoms with Gasteiger partial charge in [0.05, 0.1) is 27.9 Å². The number of methoxy groups -OCH3 is 3. The maximum atomic E-state index is 12.7. The molecule has 0 bridgehead atoms. The molecular formula is C19H16BrClN2O7. The molecule has 0 radical (unpaired) electrons. The number of imide groups is 1. The molecule has 30 heavy (non-hydrogen) atoms. The minimum absolute atomic E-state index is 0.0285. The van der Waals surface area contributed by atoms with Gasteiger partial charge in [-0.2, -0.15) is 0 Å². The number of carbonyl (C=O) groups excluding carboxylic acids is 3. The van der Waals surface area contributed by atoms with Crippen LogP contribution in [0.5, 0.6) is 11.5 Å². The lowest BCUT2D eigenvalue weighted by molar-refractivity contribution is -0.123. The van der Waals surface area contributed by atoms with Gasteiger partial charge in [-0.1, -0.05) is 11.6 Å². The summed E-state index contributed by atoms with van der Waals surface area (Å²) >= 11 is 9.66. The number of rotatable bonds is 6. The minimum Gasteiger partial charge on any atom is -0.493 e. The maximum absolute atomic E-state index is 12.7. The lowest BCUT2D eigenvalue weighted by Gasteiger charge is -2.13. The van der Waals surface area contributed by atoms with E-state index in [9.17, 15) is 14.4 Å². The van der Waals surface area contributed by atoms with Crippen molar-refractivity contribution < 1.29 is 33.0 Å². The first-order valence-corrected chi connectivity index (χ1v) is 9.59. The van der Waals surface area contributed by atoms with E-state index in [1.54, 1.807) is 6.07 Å². The standard InChI is InChI=1S/C19H16BrClN2O7/c1-27-13-7-9(14(20)15(21)16(13)28-2)6-11-17(24)23(19(26)22-11)8-10-4-5-12(30-10)18(25)29-3/h4-7H,8H2,1-3H3,(H,22,26). The smallest absolute Gasteiger partial charge is 0.373 e. The van der Waals surface area contributed by atoms with E-state index in [-0.39, 0.29) is 28.8 Å². The number of nitrogens with zero attached hydrogens (tertiary/aromatic N) is 1. The van der Waals surface area contributed by atoms with Crippen LogP contribution in [0.4, 0.5) is 4.79 Å². The van der Waals surface area contributed by atoms with Crippen molar-refractivity contribution in [3.63, 3.8) is 0 Å². The third kappa shape index (κ3) is 4.01. The van der Waals surface area contributed by atoms with Crippen molar-refractivity contribution in [1.29, 1.82) is 0 Å². The van der Waals surface area contributed by atoms with Crippen molar-refractivity contribution in [1.82, 2.24) is 10.2 Å². The fraction of sp³-hybridized carbons (Fsp3) is 0.211. The van der Waals surface area contributed by atoms with Crippen LogP contribution in [0.2, 0.25) is 5.02 Å². The molecule has 3 rings (SSSR count). The predicted molar refractivity (Wildman–Crippen MR) is 109 cm³/mol. The summed E-state index contributed by atoms with van der Waals surface area (Å²) in [5.74, 6) is -0.328. The number of hydrogen-bond acceptors (Lipinski definition) is 7. The van der Waals surface area contributed by atoms with Crippen molar-refractivity contribution in [3.05, 3.63) is 50.5 Å². The van der Waals surface area contributed by atoms with E-state index in [2.05, 4.69) is 26.0 Å². The van der Waals surface area contributed by atoms with Gasteiger partial charge in [0, 0.05) is 4.47 Å². The number of ether oxygens (including phenoxy) is 3. The highest BCUT2D eigenvalue weighted by molar-refractivity contribution is 9.10. The zero-order valence-corrected chi connectivity index (χ0v) is 18.4. The Morgan fingerprint density at radius 3 is 2.63 bits per heavy atom. The molecule has 1 N–H and O–H groups in total. The molecular weight excluding hydrogens is 484 g/mol. The SMILES string of the molecule is COC(=O)c1ccc(CN2C(=O)NC(=Cc3cc(OC)c(OC)c(Cl)c3Br)C2=O)o1. The van der Waals surface area contributed by atoms with Crippen LogP contribution in [0.1, 0.15) is 21.9 Å². The van der Waals surface area contributed by atoms with Crippen molar-refractivity contribution in [2.24, 2.45) is 0 Å². The van der Waals surface area contributed by atoms with Gasteiger partial charge in [-0.25, -0.2) is 9.59 Å². The van der Waals surface area contributed by atoms with Crippen molar-refractivity contribution in [2.75, 3.05) is 21.3 Å². The van der Waals surface area contributed by atoms with Crippen LogP contribution in [-0.2, 0) is 16.1 Å². The van der Waals surface area contributed by atoms with Crippen LogP contribution in [-0.4, -0.2) is 44.1 Å². The Morgan fingerprint density at radius 2 is 2.00 bits per heavy atom. The number of nitrogens with one attached hydrogen (secondary N) is 1. The fourth-order valence-electron chi connectivity index (χ4n) is 2.75. The van der Waals surface area contributed by atoms with E-state index in [1.807, 2.05) is 0 Å². The number of carbonyl (C=O) groups is 3. The molecule has 1 aliphatic heterocycles. The number of esters is 1. The molecule has 158 valence electrons. The van der Waals surface area contributed by atoms with Crippen LogP contribution < -0.4 is 14.8 Å². The molecule has 1 aliphatic rings. The lowest BCUT2D eigenvalue weighted by Crippen LogP contribution is -2.30. The van der Waals surface area contributed by atoms with Crippen LogP contribution in [0.3, 0.4) is 0 Å². The number of halogens is 2. The molecule has 9 nitrogen and oxygen atoms in total. The minimum atomic E-state index is -0.658. The zero-order valence-electron chi connectivity index (χ0n) is 16.1. The third-order valence-electron chi connectivity index (χ3n) is 4.20. The van der Waals surface area contributed by atoms with Gasteiger partial charge >= 0.3 is 12.0 Å². The van der Waals surface area contributed by atoms with Crippen molar-refractivity contribution in [3.8, 4) is 11.5 Å². The van der Waals surface area contributed by atoms with Gasteiger partial charge < -0.3 is 23.9 Å². The van der Waals surface area contributed by atoms with E-state index in [4.69, 9.17) is 25.5 Å². The summed E-state index contributed by atoms with van der Waals surface area (Å²) in [5, 5.41) is 2.76. The van der Waals surface area contributed by atoms with Gasteiger partial charge in [0.1, 0.15) is 16.5 Å². The van der Waals surface area contributed by atoms with Crippen molar-refractivity contribution in [2.45, 2.75) is 6.54 Å². The molecule has 2 heterocycles. The highest BCUT2D eigenvalue weighted by atomic mass is 79.9. The Kier molecular flexibility index (Phi) is 6.37. The maximum Gasteiger partial charge on any atom is 0.373 e. The van der Waals surface area contributed by atoms with Crippen LogP contribution in [0.15, 0.2) is 32.8 Å². The molecule has 1 fully saturated rings. The van der Waals surface area contributed by atoms with Gasteiger partial charge in [-0.3, -0.25) is 9.69 Å². The Hall–Kier alpha value is -2.98. The van der Waals surface area contributed by atoms with Crippen LogP contribution in [0.25, 0.3) is 6.08 Å². The Morgan fingerprint density at radius 1 is 1.27 bits per heavy atom. The van der Waals surface area contributed by atoms with Gasteiger partial charge in [-0.05, 0) is 45.8 Å². The van der Waals surface area contributed by atoms with Crippen LogP contribution in [0, 0.1) is 0 Å². The van der Waals surface area contributed by atoms with Crippen molar-refractivity contribution >= 4 is 51.5 Å². The molecule has 2 aromatic rings. The molecule has 0 unspecified atom stereocenters. The van der Waals surface area contributed by atoms with E-state index in [0.29, 0.717) is 21.5 Å². The second-order valence-electron chi connectivity index (χ2n) is 5.97. The fourth-order valence-corrected chi connectivity index (χ4v) is 3.44. The largest absolute Gasteiger partial charge is 0.493 e. The average molecular weight is 500 g/mol. The summed E-state index contributed by atoms with van der Waals surface area (Å²) in [4.78, 5) is 37.5. The Labute approximate surface area is 184 Å². The highest BCUT2D eigenvalue weighted by Gasteiger charge is 2.34. The second-order valence-corrected chi connectivity index (χ2v) is 7.14. The predicted octanol–water partition coefficient (Wildman–Crippen LogP) is 3.59. The quantitative estimate of drug-likeness (QED) is 0.368. The number of urea groups is 1. The van der Waals surface area contributed by atoms with E-state index in [0.717, 1.165) is 4.90 Å². The first kappa shape index (κ1) is 21.7. The van der Waals surface area contributed by atoms with E-state index >= 15 is 0 Å². The van der Waals surface area contributed by atoms with Gasteiger partial charge in [0.15, 0.2) is 11.5 Å². The summed E-state index contributed by atoms with van der Waals surface area (Å²) in [6.45, 7) is -0.160. The molecule has 3 amide bonds. The van der Waals surface area contributed by atoms with E-state index in [1.165, 1.54) is 39.5 Å². The first-order chi connectivity index (χ1) is 14.3. The molecule has 0 saturated carbocycles. The highest BCUT2D eigenvalue weighted by Crippen LogP contribution is 2.43. The first-order valence-electron chi connectivity index (χ1n) is 8.42. The summed E-state index contributed by atoms with van der Waals surface area (Å²) in [6.07, 6.45) is 1.46. The van der Waals surface area contributed by atoms with Gasteiger partial charge in [0.25, 0.3) is 5.91 Å². The molecule has 0 aliphatic carbocycles. The molecule has 0 spiro atoms. The zero-order chi connectivity index (χ0) is 22.0. The summed E-state index contributed by atoms with van der Waals surface area (Å²) < 4.78 is 20.8. The van der Waals surface area contributed by atoms with Gasteiger partial charge in [-0.15, -0.1) is 0 Å². The molecule has 1 aromatic heterocycles. The Bertz CT molecular complexity index is 1060. The molecule has 1 saturated heterocycles. The van der Waals surface area contributed by atoms with E-state index < -0.39 is 17.9 Å². The normalized spacial score (nSPS) is 14.8. The average Bonchev–Trinajstić information content (AvgIpc) is 3.31. The number of hydrogen-bond donors (Lipinski definition) is 1. The summed E-state index contributed by atoms with van der Waals surface area (Å²) in [6, 6.07) is 3.86. The molecule has 11 heteroatoms. The summed E-state index contributed by atoms with van der Waals surface area (Å²) in [7, 11) is 4.12. The van der Waals surface area contributed by atoms with Crippen LogP contribution >= 0.6 is 27.5 Å². The third-order valence-corrected chi connectivity index (χ3v) is 5.65. The summed E-state index contributed by atoms with van der Waals surface area (Å²) in [5.41, 5.74) is 0.526. The number of amides is 3. The lowest BCUT2D eigenvalue weighted by atomic mass is 10.1. The second kappa shape index (κ2) is 8.80. The topological polar surface area (TPSA) is 107 Å². The van der Waals surface area contributed by atoms with Gasteiger partial charge in [0.2, 0.25) is 5.76 Å². The Balaban J connectivity index is 1.87.